The molecule has 14 nitrogen and oxygen atoms in total. The zero-order valence-electron chi connectivity index (χ0n) is 30.5. The molecule has 2 atom stereocenters. The standard InChI is InChI=1S/C40H47N5O9/c1-4-7-8-9-10-11-34(48)42-31(5-2)36(49)43-32(6-3)37(50)44-33(24-25-12-20-29(46)21-13-25)38(51)45-35(26-16-22-30(47)23-17-26)39(52)41-28-18-14-27(15-19-28)40(53)54/h5-6,12-23,33,35,46-47H,4,7-11,24H2,1-3H3,(H,41,52)(H,42,48)(H,43,49)(H,44,50)(H,45,51)(H,53,54)/b31-5+,32-6+/t33-,35+/m1/s1. The number of carboxylic acid groups (broad SMARTS) is 1. The maximum Gasteiger partial charge on any atom is 0.335 e. The number of amides is 5. The van der Waals surface area contributed by atoms with E-state index in [0.717, 1.165) is 25.7 Å². The van der Waals surface area contributed by atoms with Crippen LogP contribution in [0.4, 0.5) is 5.69 Å². The van der Waals surface area contributed by atoms with Crippen molar-refractivity contribution in [3.05, 3.63) is 113 Å². The van der Waals surface area contributed by atoms with Crippen LogP contribution in [0, 0.1) is 0 Å². The molecule has 0 aliphatic heterocycles. The molecular weight excluding hydrogens is 694 g/mol. The van der Waals surface area contributed by atoms with Gasteiger partial charge in [-0.15, -0.1) is 0 Å². The molecule has 3 aromatic rings. The molecule has 54 heavy (non-hydrogen) atoms. The van der Waals surface area contributed by atoms with Gasteiger partial charge in [0.1, 0.15) is 35.0 Å². The Morgan fingerprint density at radius 3 is 1.81 bits per heavy atom. The highest BCUT2D eigenvalue weighted by Crippen LogP contribution is 2.21. The van der Waals surface area contributed by atoms with Gasteiger partial charge >= 0.3 is 5.97 Å². The summed E-state index contributed by atoms with van der Waals surface area (Å²) in [6, 6.07) is 14.1. The topological polar surface area (TPSA) is 223 Å². The van der Waals surface area contributed by atoms with Gasteiger partial charge in [-0.05, 0) is 79.9 Å². The molecule has 0 saturated heterocycles. The van der Waals surface area contributed by atoms with Crippen LogP contribution in [-0.2, 0) is 30.4 Å². The Hall–Kier alpha value is -6.44. The number of carbonyl (C=O) groups is 6. The number of aromatic carboxylic acids is 1. The van der Waals surface area contributed by atoms with Crippen LogP contribution < -0.4 is 26.6 Å². The molecule has 0 fully saturated rings. The first-order chi connectivity index (χ1) is 25.8. The third-order valence-corrected chi connectivity index (χ3v) is 8.27. The smallest absolute Gasteiger partial charge is 0.335 e. The molecule has 0 aliphatic rings. The van der Waals surface area contributed by atoms with E-state index in [-0.39, 0.29) is 58.5 Å². The average molecular weight is 742 g/mol. The monoisotopic (exact) mass is 741 g/mol. The van der Waals surface area contributed by atoms with E-state index < -0.39 is 41.7 Å². The number of aromatic hydroxyl groups is 2. The number of carboxylic acids is 1. The van der Waals surface area contributed by atoms with E-state index in [4.69, 9.17) is 0 Å². The van der Waals surface area contributed by atoms with Crippen molar-refractivity contribution in [2.45, 2.75) is 77.8 Å². The first-order valence-electron chi connectivity index (χ1n) is 17.6. The fourth-order valence-electron chi connectivity index (χ4n) is 5.24. The second kappa shape index (κ2) is 21.2. The summed E-state index contributed by atoms with van der Waals surface area (Å²) in [7, 11) is 0. The first kappa shape index (κ1) is 42.0. The summed E-state index contributed by atoms with van der Waals surface area (Å²) in [6.45, 7) is 5.16. The van der Waals surface area contributed by atoms with Crippen LogP contribution in [0.5, 0.6) is 11.5 Å². The molecule has 0 heterocycles. The van der Waals surface area contributed by atoms with Crippen LogP contribution >= 0.6 is 0 Å². The van der Waals surface area contributed by atoms with E-state index >= 15 is 0 Å². The molecule has 3 rings (SSSR count). The van der Waals surface area contributed by atoms with E-state index in [0.29, 0.717) is 12.0 Å². The van der Waals surface area contributed by atoms with E-state index in [1.165, 1.54) is 79.7 Å². The zero-order chi connectivity index (χ0) is 39.6. The van der Waals surface area contributed by atoms with Gasteiger partial charge in [-0.2, -0.15) is 0 Å². The quantitative estimate of drug-likeness (QED) is 0.0628. The van der Waals surface area contributed by atoms with E-state index in [1.54, 1.807) is 19.1 Å². The maximum absolute atomic E-state index is 14.0. The lowest BCUT2D eigenvalue weighted by atomic mass is 10.0. The fraction of sp³-hybridized carbons (Fsp3) is 0.300. The average Bonchev–Trinajstić information content (AvgIpc) is 3.15. The molecule has 0 aromatic heterocycles. The minimum Gasteiger partial charge on any atom is -0.508 e. The van der Waals surface area contributed by atoms with Crippen LogP contribution in [0.2, 0.25) is 0 Å². The molecule has 5 amide bonds. The lowest BCUT2D eigenvalue weighted by Crippen LogP contribution is -2.52. The van der Waals surface area contributed by atoms with E-state index in [9.17, 15) is 44.1 Å². The Morgan fingerprint density at radius 2 is 1.24 bits per heavy atom. The van der Waals surface area contributed by atoms with Gasteiger partial charge < -0.3 is 41.9 Å². The number of allylic oxidation sites excluding steroid dienone is 2. The SMILES string of the molecule is C/C=C(/NC(=O)CCCCCCC)C(=O)N/C(=C/C)C(=O)N[C@H](Cc1ccc(O)cc1)C(=O)N[C@H](C(=O)Nc1ccc(C(=O)O)cc1)c1ccc(O)cc1. The van der Waals surface area contributed by atoms with Crippen LogP contribution in [0.25, 0.3) is 0 Å². The number of anilines is 1. The summed E-state index contributed by atoms with van der Waals surface area (Å²) in [5.41, 5.74) is 0.791. The molecule has 0 bridgehead atoms. The minimum atomic E-state index is -1.36. The molecule has 8 N–H and O–H groups in total. The summed E-state index contributed by atoms with van der Waals surface area (Å²) in [6.07, 6.45) is 7.61. The number of carbonyl (C=O) groups excluding carboxylic acids is 5. The summed E-state index contributed by atoms with van der Waals surface area (Å²) >= 11 is 0. The number of unbranched alkanes of at least 4 members (excludes halogenated alkanes) is 4. The molecule has 0 saturated carbocycles. The molecular formula is C40H47N5O9. The highest BCUT2D eigenvalue weighted by atomic mass is 16.4. The maximum atomic E-state index is 14.0. The Morgan fingerprint density at radius 1 is 0.667 bits per heavy atom. The van der Waals surface area contributed by atoms with E-state index in [1.807, 2.05) is 0 Å². The van der Waals surface area contributed by atoms with Gasteiger partial charge in [0.2, 0.25) is 11.8 Å². The lowest BCUT2D eigenvalue weighted by molar-refractivity contribution is -0.130. The number of rotatable bonds is 19. The van der Waals surface area contributed by atoms with Crippen molar-refractivity contribution < 1.29 is 44.1 Å². The van der Waals surface area contributed by atoms with Gasteiger partial charge in [-0.1, -0.05) is 69.0 Å². The first-order valence-corrected chi connectivity index (χ1v) is 17.6. The number of benzene rings is 3. The molecule has 3 aromatic carbocycles. The van der Waals surface area contributed by atoms with Gasteiger partial charge in [0.25, 0.3) is 17.7 Å². The second-order valence-electron chi connectivity index (χ2n) is 12.4. The normalized spacial score (nSPS) is 12.5. The summed E-state index contributed by atoms with van der Waals surface area (Å²) in [5, 5.41) is 41.9. The number of hydrogen-bond acceptors (Lipinski definition) is 8. The van der Waals surface area contributed by atoms with Gasteiger partial charge in [-0.25, -0.2) is 4.79 Å². The van der Waals surface area contributed by atoms with Gasteiger partial charge in [0, 0.05) is 18.5 Å². The Kier molecular flexibility index (Phi) is 16.5. The van der Waals surface area contributed by atoms with Crippen molar-refractivity contribution in [1.29, 1.82) is 0 Å². The predicted molar refractivity (Wildman–Crippen MR) is 202 cm³/mol. The fourth-order valence-corrected chi connectivity index (χ4v) is 5.24. The summed E-state index contributed by atoms with van der Waals surface area (Å²) in [4.78, 5) is 78.1. The second-order valence-corrected chi connectivity index (χ2v) is 12.4. The number of hydrogen-bond donors (Lipinski definition) is 8. The summed E-state index contributed by atoms with van der Waals surface area (Å²) in [5.74, 6) is -4.70. The zero-order valence-corrected chi connectivity index (χ0v) is 30.5. The Balaban J connectivity index is 1.82. The molecule has 14 heteroatoms. The number of nitrogens with one attached hydrogen (secondary N) is 5. The Labute approximate surface area is 313 Å². The molecule has 286 valence electrons. The lowest BCUT2D eigenvalue weighted by Gasteiger charge is -2.24. The molecule has 0 unspecified atom stereocenters. The predicted octanol–water partition coefficient (Wildman–Crippen LogP) is 4.72. The molecule has 0 aliphatic carbocycles. The minimum absolute atomic E-state index is 0.000691. The van der Waals surface area contributed by atoms with Gasteiger partial charge in [0.15, 0.2) is 0 Å². The van der Waals surface area contributed by atoms with Crippen molar-refractivity contribution in [2.24, 2.45) is 0 Å². The third-order valence-electron chi connectivity index (χ3n) is 8.27. The number of phenols is 2. The highest BCUT2D eigenvalue weighted by molar-refractivity contribution is 6.05. The van der Waals surface area contributed by atoms with Crippen molar-refractivity contribution in [2.75, 3.05) is 5.32 Å². The highest BCUT2D eigenvalue weighted by Gasteiger charge is 2.30. The van der Waals surface area contributed by atoms with Crippen LogP contribution in [0.15, 0.2) is 96.3 Å². The Bertz CT molecular complexity index is 1840. The van der Waals surface area contributed by atoms with Gasteiger partial charge in [-0.3, -0.25) is 24.0 Å². The van der Waals surface area contributed by atoms with Crippen LogP contribution in [-0.4, -0.2) is 56.9 Å². The largest absolute Gasteiger partial charge is 0.508 e. The summed E-state index contributed by atoms with van der Waals surface area (Å²) < 4.78 is 0. The van der Waals surface area contributed by atoms with Gasteiger partial charge in [0.05, 0.1) is 5.56 Å². The van der Waals surface area contributed by atoms with E-state index in [2.05, 4.69) is 33.5 Å². The van der Waals surface area contributed by atoms with Crippen molar-refractivity contribution in [1.82, 2.24) is 21.3 Å². The van der Waals surface area contributed by atoms with Crippen molar-refractivity contribution >= 4 is 41.2 Å². The van der Waals surface area contributed by atoms with Crippen molar-refractivity contribution in [3.8, 4) is 11.5 Å². The number of phenolic OH excluding ortho intramolecular Hbond substituents is 2. The molecule has 0 spiro atoms. The molecule has 0 radical (unpaired) electrons. The van der Waals surface area contributed by atoms with Crippen molar-refractivity contribution in [3.63, 3.8) is 0 Å². The third kappa shape index (κ3) is 13.3. The van der Waals surface area contributed by atoms with Crippen LogP contribution in [0.3, 0.4) is 0 Å². The van der Waals surface area contributed by atoms with Crippen LogP contribution in [0.1, 0.15) is 86.8 Å².